The molecule has 0 bridgehead atoms. The molecular formula is C32H38N4O7. The van der Waals surface area contributed by atoms with Gasteiger partial charge in [-0.3, -0.25) is 19.1 Å². The molecule has 3 aromatic rings. The van der Waals surface area contributed by atoms with Gasteiger partial charge in [0.2, 0.25) is 0 Å². The van der Waals surface area contributed by atoms with Gasteiger partial charge in [0, 0.05) is 44.4 Å². The highest BCUT2D eigenvalue weighted by Crippen LogP contribution is 2.50. The Morgan fingerprint density at radius 1 is 0.953 bits per heavy atom. The Balaban J connectivity index is 1.34. The van der Waals surface area contributed by atoms with Crippen molar-refractivity contribution >= 4 is 5.91 Å². The number of hydrogen-bond acceptors (Lipinski definition) is 8. The lowest BCUT2D eigenvalue weighted by Gasteiger charge is -2.34. The Kier molecular flexibility index (Phi) is 8.60. The lowest BCUT2D eigenvalue weighted by atomic mass is 9.88. The molecule has 2 aromatic carbocycles. The number of carbonyl (C=O) groups excluding carboxylic acids is 1. The van der Waals surface area contributed by atoms with Gasteiger partial charge in [0.1, 0.15) is 23.9 Å². The van der Waals surface area contributed by atoms with Crippen LogP contribution < -0.4 is 11.2 Å². The van der Waals surface area contributed by atoms with E-state index in [-0.39, 0.29) is 25.5 Å². The van der Waals surface area contributed by atoms with Crippen molar-refractivity contribution in [2.24, 2.45) is 0 Å². The van der Waals surface area contributed by atoms with Gasteiger partial charge < -0.3 is 28.7 Å². The summed E-state index contributed by atoms with van der Waals surface area (Å²) in [6, 6.07) is 19.6. The van der Waals surface area contributed by atoms with Crippen LogP contribution in [0.3, 0.4) is 0 Å². The third-order valence-electron chi connectivity index (χ3n) is 8.65. The van der Waals surface area contributed by atoms with E-state index in [0.29, 0.717) is 25.3 Å². The van der Waals surface area contributed by atoms with E-state index in [2.05, 4.69) is 9.88 Å². The molecule has 228 valence electrons. The summed E-state index contributed by atoms with van der Waals surface area (Å²) < 4.78 is 27.3. The molecule has 3 fully saturated rings. The predicted molar refractivity (Wildman–Crippen MR) is 157 cm³/mol. The number of amides is 1. The van der Waals surface area contributed by atoms with Crippen LogP contribution in [0.4, 0.5) is 0 Å². The van der Waals surface area contributed by atoms with Crippen LogP contribution in [0.2, 0.25) is 0 Å². The van der Waals surface area contributed by atoms with Crippen LogP contribution >= 0.6 is 0 Å². The van der Waals surface area contributed by atoms with Crippen molar-refractivity contribution < 1.29 is 23.7 Å². The summed E-state index contributed by atoms with van der Waals surface area (Å²) >= 11 is 0. The van der Waals surface area contributed by atoms with E-state index in [1.807, 2.05) is 72.6 Å². The highest BCUT2D eigenvalue weighted by Gasteiger charge is 2.66. The summed E-state index contributed by atoms with van der Waals surface area (Å²) in [5.74, 6) is -0.0992. The molecule has 3 saturated heterocycles. The second-order valence-corrected chi connectivity index (χ2v) is 11.6. The first kappa shape index (κ1) is 29.5. The number of nitrogens with one attached hydrogen (secondary N) is 1. The number of carbonyl (C=O) groups is 1. The van der Waals surface area contributed by atoms with Crippen LogP contribution in [0.5, 0.6) is 0 Å². The maximum Gasteiger partial charge on any atom is 0.330 e. The van der Waals surface area contributed by atoms with Crippen LogP contribution in [0.25, 0.3) is 0 Å². The molecule has 0 aliphatic carbocycles. The largest absolute Gasteiger partial charge is 0.374 e. The molecule has 1 N–H and O–H groups in total. The Morgan fingerprint density at radius 2 is 1.60 bits per heavy atom. The number of aromatic amines is 1. The van der Waals surface area contributed by atoms with Gasteiger partial charge in [-0.05, 0) is 25.1 Å². The molecule has 0 unspecified atom stereocenters. The second kappa shape index (κ2) is 12.6. The number of benzene rings is 2. The van der Waals surface area contributed by atoms with E-state index in [0.717, 1.165) is 24.2 Å². The highest BCUT2D eigenvalue weighted by molar-refractivity contribution is 5.81. The fraction of sp³-hybridized carbons (Fsp3) is 0.469. The number of hydrogen-bond donors (Lipinski definition) is 1. The number of fused-ring (bicyclic) bond motifs is 1. The maximum atomic E-state index is 13.8. The van der Waals surface area contributed by atoms with Gasteiger partial charge in [-0.1, -0.05) is 60.7 Å². The number of aryl methyl sites for hydroxylation is 1. The van der Waals surface area contributed by atoms with Crippen LogP contribution in [0, 0.1) is 6.92 Å². The Bertz CT molecular complexity index is 1520. The quantitative estimate of drug-likeness (QED) is 0.402. The van der Waals surface area contributed by atoms with Gasteiger partial charge in [-0.2, -0.15) is 0 Å². The minimum Gasteiger partial charge on any atom is -0.374 e. The van der Waals surface area contributed by atoms with E-state index in [1.165, 1.54) is 10.8 Å². The van der Waals surface area contributed by atoms with Crippen molar-refractivity contribution in [3.8, 4) is 0 Å². The summed E-state index contributed by atoms with van der Waals surface area (Å²) in [6.45, 7) is 5.16. The number of likely N-dealkylation sites (N-methyl/N-ethyl adjacent to an activating group) is 1. The first-order valence-electron chi connectivity index (χ1n) is 14.7. The molecule has 0 spiro atoms. The van der Waals surface area contributed by atoms with Gasteiger partial charge in [0.25, 0.3) is 11.5 Å². The first-order valence-corrected chi connectivity index (χ1v) is 14.7. The van der Waals surface area contributed by atoms with E-state index in [9.17, 15) is 14.4 Å². The zero-order valence-electron chi connectivity index (χ0n) is 24.5. The van der Waals surface area contributed by atoms with Crippen molar-refractivity contribution in [2.75, 3.05) is 39.8 Å². The van der Waals surface area contributed by atoms with Gasteiger partial charge in [-0.15, -0.1) is 0 Å². The van der Waals surface area contributed by atoms with Gasteiger partial charge in [-0.25, -0.2) is 4.79 Å². The Labute approximate surface area is 249 Å². The lowest BCUT2D eigenvalue weighted by Crippen LogP contribution is -2.51. The molecular weight excluding hydrogens is 552 g/mol. The number of piperazine rings is 1. The summed E-state index contributed by atoms with van der Waals surface area (Å²) in [6.07, 6.45) is -1.51. The molecule has 1 amide bonds. The fourth-order valence-corrected chi connectivity index (χ4v) is 6.15. The van der Waals surface area contributed by atoms with Crippen LogP contribution in [0.1, 0.15) is 29.3 Å². The molecule has 0 radical (unpaired) electrons. The van der Waals surface area contributed by atoms with Crippen molar-refractivity contribution in [3.63, 3.8) is 0 Å². The first-order chi connectivity index (χ1) is 20.8. The number of nitrogens with zero attached hydrogens (tertiary/aromatic N) is 3. The second-order valence-electron chi connectivity index (χ2n) is 11.6. The predicted octanol–water partition coefficient (Wildman–Crippen LogP) is 1.85. The summed E-state index contributed by atoms with van der Waals surface area (Å²) in [5, 5.41) is 0. The van der Waals surface area contributed by atoms with Crippen LogP contribution in [0.15, 0.2) is 76.4 Å². The Hall–Kier alpha value is -3.61. The normalized spacial score (nSPS) is 27.3. The van der Waals surface area contributed by atoms with Crippen LogP contribution in [-0.2, 0) is 37.0 Å². The SMILES string of the molecule is Cc1cn([C@@H]2O[C@H](COCc3ccccc3)[C@]3(OCc4ccccc4)C[C@H](C(=O)N4CCN(C)CC4)O[C@H]23)c(=O)[nH]c1=O. The average molecular weight is 591 g/mol. The number of rotatable bonds is 9. The summed E-state index contributed by atoms with van der Waals surface area (Å²) in [4.78, 5) is 45.5. The van der Waals surface area contributed by atoms with Crippen LogP contribution in [-0.4, -0.2) is 89.0 Å². The van der Waals surface area contributed by atoms with E-state index in [1.54, 1.807) is 6.92 Å². The molecule has 1 aromatic heterocycles. The summed E-state index contributed by atoms with van der Waals surface area (Å²) in [5.41, 5.74) is 0.115. The van der Waals surface area contributed by atoms with E-state index < -0.39 is 41.4 Å². The molecule has 11 nitrogen and oxygen atoms in total. The topological polar surface area (TPSA) is 115 Å². The number of H-pyrrole nitrogens is 1. The summed E-state index contributed by atoms with van der Waals surface area (Å²) in [7, 11) is 2.04. The molecule has 4 heterocycles. The molecule has 11 heteroatoms. The molecule has 6 rings (SSSR count). The van der Waals surface area contributed by atoms with Crippen molar-refractivity contribution in [1.82, 2.24) is 19.4 Å². The van der Waals surface area contributed by atoms with Crippen molar-refractivity contribution in [2.45, 2.75) is 56.7 Å². The molecule has 0 saturated carbocycles. The average Bonchev–Trinajstić information content (AvgIpc) is 3.54. The smallest absolute Gasteiger partial charge is 0.330 e. The zero-order chi connectivity index (χ0) is 30.0. The standard InChI is InChI=1S/C32H38N4O7/c1-22-18-36(31(39)33-28(22)37)30-27-32(41-20-24-11-7-4-8-12-24,26(43-30)21-40-19-23-9-5-3-6-10-23)17-25(42-27)29(38)35-15-13-34(2)14-16-35/h3-12,18,25-27,30H,13-17,19-21H2,1-2H3,(H,33,37,39)/t25-,26-,27-,30-,32-/m1/s1. The highest BCUT2D eigenvalue weighted by atomic mass is 16.6. The minimum atomic E-state index is -1.10. The van der Waals surface area contributed by atoms with E-state index >= 15 is 0 Å². The lowest BCUT2D eigenvalue weighted by molar-refractivity contribution is -0.151. The van der Waals surface area contributed by atoms with Gasteiger partial charge >= 0.3 is 5.69 Å². The monoisotopic (exact) mass is 590 g/mol. The molecule has 43 heavy (non-hydrogen) atoms. The van der Waals surface area contributed by atoms with Crippen molar-refractivity contribution in [1.29, 1.82) is 0 Å². The maximum absolute atomic E-state index is 13.8. The third kappa shape index (κ3) is 6.09. The molecule has 3 aliphatic rings. The van der Waals surface area contributed by atoms with Gasteiger partial charge in [0.15, 0.2) is 6.23 Å². The fourth-order valence-electron chi connectivity index (χ4n) is 6.15. The molecule has 5 atom stereocenters. The number of ether oxygens (including phenoxy) is 4. The van der Waals surface area contributed by atoms with Gasteiger partial charge in [0.05, 0.1) is 19.8 Å². The zero-order valence-corrected chi connectivity index (χ0v) is 24.5. The Morgan fingerprint density at radius 3 is 2.28 bits per heavy atom. The molecule has 3 aliphatic heterocycles. The van der Waals surface area contributed by atoms with E-state index in [4.69, 9.17) is 18.9 Å². The third-order valence-corrected chi connectivity index (χ3v) is 8.65. The number of aromatic nitrogens is 2. The van der Waals surface area contributed by atoms with Crippen molar-refractivity contribution in [3.05, 3.63) is 104 Å². The minimum absolute atomic E-state index is 0.0992.